The van der Waals surface area contributed by atoms with Crippen molar-refractivity contribution >= 4 is 0 Å². The fourth-order valence-electron chi connectivity index (χ4n) is 3.80. The van der Waals surface area contributed by atoms with E-state index in [0.29, 0.717) is 13.1 Å². The highest BCUT2D eigenvalue weighted by molar-refractivity contribution is 5.35. The molecule has 4 rings (SSSR count). The second-order valence-corrected chi connectivity index (χ2v) is 6.10. The van der Waals surface area contributed by atoms with Gasteiger partial charge in [-0.2, -0.15) is 0 Å². The Kier molecular flexibility index (Phi) is 2.93. The van der Waals surface area contributed by atoms with Crippen molar-refractivity contribution in [2.45, 2.75) is 44.2 Å². The standard InChI is InChI=1S/C17H19N3O/c21-15-13-10-18-11-14(13)19-16(20-15)17(8-4-5-9-17)12-6-2-1-3-7-12/h1-3,6-7,18H,4-5,8-11H2,(H,19,20,21). The quantitative estimate of drug-likeness (QED) is 0.887. The summed E-state index contributed by atoms with van der Waals surface area (Å²) in [5.41, 5.74) is 2.92. The highest BCUT2D eigenvalue weighted by atomic mass is 16.1. The minimum absolute atomic E-state index is 0.0298. The summed E-state index contributed by atoms with van der Waals surface area (Å²) in [5.74, 6) is 0.860. The van der Waals surface area contributed by atoms with E-state index < -0.39 is 0 Å². The van der Waals surface area contributed by atoms with Crippen LogP contribution in [0, 0.1) is 0 Å². The molecular weight excluding hydrogens is 262 g/mol. The van der Waals surface area contributed by atoms with Crippen LogP contribution in [-0.4, -0.2) is 9.97 Å². The molecule has 0 bridgehead atoms. The van der Waals surface area contributed by atoms with Crippen molar-refractivity contribution < 1.29 is 0 Å². The van der Waals surface area contributed by atoms with Gasteiger partial charge in [0.25, 0.3) is 5.56 Å². The van der Waals surface area contributed by atoms with Crippen LogP contribution >= 0.6 is 0 Å². The fourth-order valence-corrected chi connectivity index (χ4v) is 3.80. The highest BCUT2D eigenvalue weighted by Gasteiger charge is 2.40. The maximum Gasteiger partial charge on any atom is 0.255 e. The summed E-state index contributed by atoms with van der Waals surface area (Å²) in [5, 5.41) is 3.22. The van der Waals surface area contributed by atoms with E-state index in [-0.39, 0.29) is 11.0 Å². The van der Waals surface area contributed by atoms with Crippen LogP contribution in [0.15, 0.2) is 35.1 Å². The van der Waals surface area contributed by atoms with Gasteiger partial charge in [0.15, 0.2) is 0 Å². The van der Waals surface area contributed by atoms with Crippen LogP contribution < -0.4 is 10.9 Å². The van der Waals surface area contributed by atoms with Crippen LogP contribution in [0.3, 0.4) is 0 Å². The molecule has 4 nitrogen and oxygen atoms in total. The predicted octanol–water partition coefficient (Wildman–Crippen LogP) is 2.23. The number of hydrogen-bond acceptors (Lipinski definition) is 3. The van der Waals surface area contributed by atoms with Crippen LogP contribution in [0.5, 0.6) is 0 Å². The number of rotatable bonds is 2. The van der Waals surface area contributed by atoms with Gasteiger partial charge in [-0.3, -0.25) is 4.79 Å². The molecule has 0 amide bonds. The number of nitrogens with zero attached hydrogens (tertiary/aromatic N) is 1. The van der Waals surface area contributed by atoms with Crippen molar-refractivity contribution in [1.82, 2.24) is 15.3 Å². The van der Waals surface area contributed by atoms with E-state index in [0.717, 1.165) is 29.9 Å². The lowest BCUT2D eigenvalue weighted by atomic mass is 9.78. The zero-order valence-corrected chi connectivity index (χ0v) is 12.0. The number of aromatic amines is 1. The van der Waals surface area contributed by atoms with Crippen molar-refractivity contribution in [3.8, 4) is 0 Å². The first-order chi connectivity index (χ1) is 10.3. The number of fused-ring (bicyclic) bond motifs is 1. The van der Waals surface area contributed by atoms with Gasteiger partial charge in [-0.1, -0.05) is 43.2 Å². The van der Waals surface area contributed by atoms with Crippen LogP contribution in [0.25, 0.3) is 0 Å². The fraction of sp³-hybridized carbons (Fsp3) is 0.412. The summed E-state index contributed by atoms with van der Waals surface area (Å²) < 4.78 is 0. The number of nitrogens with one attached hydrogen (secondary N) is 2. The molecule has 108 valence electrons. The predicted molar refractivity (Wildman–Crippen MR) is 81.1 cm³/mol. The normalized spacial score (nSPS) is 19.6. The average molecular weight is 281 g/mol. The Labute approximate surface area is 123 Å². The molecule has 1 aliphatic heterocycles. The molecule has 1 aromatic carbocycles. The van der Waals surface area contributed by atoms with Gasteiger partial charge in [-0.15, -0.1) is 0 Å². The second kappa shape index (κ2) is 4.81. The van der Waals surface area contributed by atoms with Crippen molar-refractivity contribution in [3.05, 3.63) is 63.3 Å². The van der Waals surface area contributed by atoms with E-state index >= 15 is 0 Å². The summed E-state index contributed by atoms with van der Waals surface area (Å²) in [6, 6.07) is 10.5. The van der Waals surface area contributed by atoms with E-state index in [2.05, 4.69) is 34.6 Å². The number of H-pyrrole nitrogens is 1. The maximum atomic E-state index is 12.3. The van der Waals surface area contributed by atoms with Crippen LogP contribution in [-0.2, 0) is 18.5 Å². The van der Waals surface area contributed by atoms with Gasteiger partial charge in [0, 0.05) is 13.1 Å². The lowest BCUT2D eigenvalue weighted by Gasteiger charge is -2.29. The summed E-state index contributed by atoms with van der Waals surface area (Å²) in [4.78, 5) is 20.2. The van der Waals surface area contributed by atoms with E-state index in [1.807, 2.05) is 6.07 Å². The smallest absolute Gasteiger partial charge is 0.255 e. The zero-order valence-electron chi connectivity index (χ0n) is 12.0. The van der Waals surface area contributed by atoms with Crippen LogP contribution in [0.1, 0.15) is 48.3 Å². The Morgan fingerprint density at radius 3 is 2.57 bits per heavy atom. The largest absolute Gasteiger partial charge is 0.309 e. The van der Waals surface area contributed by atoms with Crippen molar-refractivity contribution in [1.29, 1.82) is 0 Å². The van der Waals surface area contributed by atoms with Gasteiger partial charge in [0.05, 0.1) is 16.7 Å². The molecule has 2 heterocycles. The Morgan fingerprint density at radius 2 is 1.81 bits per heavy atom. The molecule has 2 aliphatic rings. The van der Waals surface area contributed by atoms with Crippen LogP contribution in [0.4, 0.5) is 0 Å². The van der Waals surface area contributed by atoms with Crippen molar-refractivity contribution in [3.63, 3.8) is 0 Å². The molecule has 1 fully saturated rings. The first-order valence-corrected chi connectivity index (χ1v) is 7.68. The van der Waals surface area contributed by atoms with Crippen molar-refractivity contribution in [2.24, 2.45) is 0 Å². The minimum Gasteiger partial charge on any atom is -0.309 e. The van der Waals surface area contributed by atoms with Gasteiger partial charge in [-0.25, -0.2) is 4.98 Å². The van der Waals surface area contributed by atoms with Gasteiger partial charge >= 0.3 is 0 Å². The molecule has 1 aromatic heterocycles. The first kappa shape index (κ1) is 12.8. The average Bonchev–Trinajstić information content (AvgIpc) is 3.18. The number of aromatic nitrogens is 2. The summed E-state index contributed by atoms with van der Waals surface area (Å²) in [6.45, 7) is 1.34. The van der Waals surface area contributed by atoms with E-state index in [1.165, 1.54) is 18.4 Å². The number of benzene rings is 1. The highest BCUT2D eigenvalue weighted by Crippen LogP contribution is 2.44. The molecule has 2 N–H and O–H groups in total. The Morgan fingerprint density at radius 1 is 1.05 bits per heavy atom. The van der Waals surface area contributed by atoms with E-state index in [4.69, 9.17) is 4.98 Å². The Hall–Kier alpha value is -1.94. The first-order valence-electron chi connectivity index (χ1n) is 7.68. The van der Waals surface area contributed by atoms with Crippen molar-refractivity contribution in [2.75, 3.05) is 0 Å². The molecule has 1 aliphatic carbocycles. The Bertz CT molecular complexity index is 715. The molecular formula is C17H19N3O. The molecule has 4 heteroatoms. The third-order valence-electron chi connectivity index (χ3n) is 4.93. The number of hydrogen-bond donors (Lipinski definition) is 2. The van der Waals surface area contributed by atoms with Gasteiger partial charge in [-0.05, 0) is 18.4 Å². The lowest BCUT2D eigenvalue weighted by Crippen LogP contribution is -2.31. The van der Waals surface area contributed by atoms with Crippen LogP contribution in [0.2, 0.25) is 0 Å². The molecule has 2 aromatic rings. The molecule has 0 atom stereocenters. The molecule has 0 spiro atoms. The topological polar surface area (TPSA) is 57.8 Å². The van der Waals surface area contributed by atoms with Gasteiger partial charge in [0.2, 0.25) is 0 Å². The molecule has 21 heavy (non-hydrogen) atoms. The maximum absolute atomic E-state index is 12.3. The monoisotopic (exact) mass is 281 g/mol. The van der Waals surface area contributed by atoms with Gasteiger partial charge in [0.1, 0.15) is 5.82 Å². The van der Waals surface area contributed by atoms with E-state index in [1.54, 1.807) is 0 Å². The van der Waals surface area contributed by atoms with E-state index in [9.17, 15) is 4.79 Å². The minimum atomic E-state index is -0.113. The molecule has 0 radical (unpaired) electrons. The molecule has 1 saturated carbocycles. The second-order valence-electron chi connectivity index (χ2n) is 6.10. The molecule has 0 saturated heterocycles. The van der Waals surface area contributed by atoms with Gasteiger partial charge < -0.3 is 10.3 Å². The third kappa shape index (κ3) is 1.94. The lowest BCUT2D eigenvalue weighted by molar-refractivity contribution is 0.494. The third-order valence-corrected chi connectivity index (χ3v) is 4.93. The summed E-state index contributed by atoms with van der Waals surface area (Å²) >= 11 is 0. The Balaban J connectivity index is 1.90. The summed E-state index contributed by atoms with van der Waals surface area (Å²) in [6.07, 6.45) is 4.50. The SMILES string of the molecule is O=c1[nH]c(C2(c3ccccc3)CCCC2)nc2c1CNC2. The molecule has 0 unspecified atom stereocenters. The zero-order chi connectivity index (χ0) is 14.3. The summed E-state index contributed by atoms with van der Waals surface area (Å²) in [7, 11) is 0.